The van der Waals surface area contributed by atoms with Gasteiger partial charge in [-0.25, -0.2) is 23.5 Å². The standard InChI is InChI=1S/C31H23N3O2/c1-32-30(35)33-28-24-17-9-16-19(18-10-3-2-4-11-18)25(24)29(34(33)31(32)36)27-23-15-8-6-13-21(23)20-12-5-7-14-22(20)26(27)28/h2-17,26-29H,1H3/t26-,27+,28?,29?/m1/s1. The molecule has 1 aromatic heterocycles. The van der Waals surface area contributed by atoms with E-state index in [9.17, 15) is 9.59 Å². The summed E-state index contributed by atoms with van der Waals surface area (Å²) in [7, 11) is 1.59. The maximum atomic E-state index is 13.6. The van der Waals surface area contributed by atoms with E-state index < -0.39 is 0 Å². The monoisotopic (exact) mass is 469 g/mol. The predicted molar refractivity (Wildman–Crippen MR) is 139 cm³/mol. The molecule has 0 saturated heterocycles. The highest BCUT2D eigenvalue weighted by atomic mass is 16.2. The van der Waals surface area contributed by atoms with Gasteiger partial charge in [-0.3, -0.25) is 0 Å². The van der Waals surface area contributed by atoms with Gasteiger partial charge in [-0.15, -0.1) is 0 Å². The Kier molecular flexibility index (Phi) is 3.78. The van der Waals surface area contributed by atoms with E-state index in [1.54, 1.807) is 16.4 Å². The van der Waals surface area contributed by atoms with Gasteiger partial charge in [0.25, 0.3) is 0 Å². The molecule has 4 atom stereocenters. The van der Waals surface area contributed by atoms with Crippen LogP contribution in [0, 0.1) is 0 Å². The molecule has 2 aliphatic heterocycles. The summed E-state index contributed by atoms with van der Waals surface area (Å²) < 4.78 is 4.77. The third-order valence-corrected chi connectivity index (χ3v) is 8.56. The molecule has 3 heterocycles. The molecule has 174 valence electrons. The molecule has 5 aromatic rings. The molecule has 0 spiro atoms. The van der Waals surface area contributed by atoms with Gasteiger partial charge < -0.3 is 0 Å². The second-order valence-corrected chi connectivity index (χ2v) is 10.1. The first kappa shape index (κ1) is 19.9. The van der Waals surface area contributed by atoms with Gasteiger partial charge in [0.05, 0.1) is 12.1 Å². The highest BCUT2D eigenvalue weighted by Crippen LogP contribution is 2.64. The minimum atomic E-state index is -0.290. The minimum absolute atomic E-state index is 0.0398. The predicted octanol–water partition coefficient (Wildman–Crippen LogP) is 5.07. The Hall–Kier alpha value is -4.38. The molecule has 36 heavy (non-hydrogen) atoms. The van der Waals surface area contributed by atoms with E-state index >= 15 is 0 Å². The molecule has 5 nitrogen and oxygen atoms in total. The Labute approximate surface area is 207 Å². The molecule has 4 aliphatic rings. The molecule has 2 aliphatic carbocycles. The first-order valence-corrected chi connectivity index (χ1v) is 12.4. The molecular weight excluding hydrogens is 446 g/mol. The van der Waals surface area contributed by atoms with Crippen molar-refractivity contribution in [3.8, 4) is 22.3 Å². The summed E-state index contributed by atoms with van der Waals surface area (Å²) in [4.78, 5) is 27.1. The van der Waals surface area contributed by atoms with Gasteiger partial charge in [0, 0.05) is 18.9 Å². The van der Waals surface area contributed by atoms with E-state index in [0.717, 1.165) is 22.3 Å². The second-order valence-electron chi connectivity index (χ2n) is 10.1. The van der Waals surface area contributed by atoms with Gasteiger partial charge in [0.2, 0.25) is 0 Å². The van der Waals surface area contributed by atoms with Crippen LogP contribution in [0.3, 0.4) is 0 Å². The smallest absolute Gasteiger partial charge is 0.246 e. The van der Waals surface area contributed by atoms with Crippen LogP contribution in [0.25, 0.3) is 22.3 Å². The van der Waals surface area contributed by atoms with E-state index in [0.29, 0.717) is 0 Å². The Balaban J connectivity index is 1.54. The molecule has 2 unspecified atom stereocenters. The van der Waals surface area contributed by atoms with E-state index in [2.05, 4.69) is 91.0 Å². The summed E-state index contributed by atoms with van der Waals surface area (Å²) in [5.41, 5.74) is 9.01. The Morgan fingerprint density at radius 3 is 1.69 bits per heavy atom. The number of hydrogen-bond donors (Lipinski definition) is 0. The number of hydrogen-bond acceptors (Lipinski definition) is 2. The van der Waals surface area contributed by atoms with Crippen molar-refractivity contribution in [3.05, 3.63) is 140 Å². The Bertz CT molecular complexity index is 1830. The van der Waals surface area contributed by atoms with Crippen LogP contribution in [-0.2, 0) is 7.05 Å². The fourth-order valence-electron chi connectivity index (χ4n) is 7.24. The van der Waals surface area contributed by atoms with E-state index in [4.69, 9.17) is 0 Å². The molecule has 0 amide bonds. The van der Waals surface area contributed by atoms with Crippen LogP contribution >= 0.6 is 0 Å². The largest absolute Gasteiger partial charge is 0.347 e. The van der Waals surface area contributed by atoms with Crippen molar-refractivity contribution in [2.24, 2.45) is 7.05 Å². The lowest BCUT2D eigenvalue weighted by Crippen LogP contribution is -2.51. The average Bonchev–Trinajstić information content (AvgIpc) is 3.17. The normalized spacial score (nSPS) is 22.2. The quantitative estimate of drug-likeness (QED) is 0.344. The minimum Gasteiger partial charge on any atom is -0.246 e. The fraction of sp³-hybridized carbons (Fsp3) is 0.161. The summed E-state index contributed by atoms with van der Waals surface area (Å²) in [6, 6.07) is 33.4. The zero-order chi connectivity index (χ0) is 24.1. The van der Waals surface area contributed by atoms with Gasteiger partial charge in [-0.1, -0.05) is 97.1 Å². The molecule has 0 N–H and O–H groups in total. The van der Waals surface area contributed by atoms with E-state index in [1.807, 2.05) is 6.07 Å². The molecule has 0 saturated carbocycles. The van der Waals surface area contributed by atoms with E-state index in [-0.39, 0.29) is 35.3 Å². The number of aromatic nitrogens is 3. The van der Waals surface area contributed by atoms with Crippen LogP contribution < -0.4 is 11.4 Å². The van der Waals surface area contributed by atoms with Crippen LogP contribution in [0.2, 0.25) is 0 Å². The summed E-state index contributed by atoms with van der Waals surface area (Å²) >= 11 is 0. The lowest BCUT2D eigenvalue weighted by Gasteiger charge is -2.53. The maximum absolute atomic E-state index is 13.6. The summed E-state index contributed by atoms with van der Waals surface area (Å²) in [6.07, 6.45) is 0. The average molecular weight is 470 g/mol. The van der Waals surface area contributed by atoms with Crippen molar-refractivity contribution in [2.45, 2.75) is 23.9 Å². The highest BCUT2D eigenvalue weighted by Gasteiger charge is 2.56. The number of fused-ring (bicyclic) bond motifs is 3. The van der Waals surface area contributed by atoms with Gasteiger partial charge in [-0.05, 0) is 44.5 Å². The third kappa shape index (κ3) is 2.26. The topological polar surface area (TPSA) is 48.9 Å². The zero-order valence-corrected chi connectivity index (χ0v) is 19.7. The zero-order valence-electron chi connectivity index (χ0n) is 19.7. The Morgan fingerprint density at radius 2 is 1.03 bits per heavy atom. The molecule has 9 rings (SSSR count). The highest BCUT2D eigenvalue weighted by molar-refractivity contribution is 5.79. The van der Waals surface area contributed by atoms with Crippen LogP contribution in [0.1, 0.15) is 46.2 Å². The van der Waals surface area contributed by atoms with Gasteiger partial charge in [0.1, 0.15) is 0 Å². The van der Waals surface area contributed by atoms with Crippen LogP contribution in [-0.4, -0.2) is 13.9 Å². The van der Waals surface area contributed by atoms with Gasteiger partial charge in [-0.2, -0.15) is 0 Å². The molecule has 4 aromatic carbocycles. The fourth-order valence-corrected chi connectivity index (χ4v) is 7.24. The molecule has 2 bridgehead atoms. The van der Waals surface area contributed by atoms with Crippen molar-refractivity contribution in [1.82, 2.24) is 13.9 Å². The van der Waals surface area contributed by atoms with Crippen LogP contribution in [0.5, 0.6) is 0 Å². The maximum Gasteiger partial charge on any atom is 0.347 e. The SMILES string of the molecule is Cn1c(=O)n2n(c1=O)C1c3cccc(-c4ccccc4)c3C2[C@H]2c3ccccc3-c3ccccc3[C@@H]12. The van der Waals surface area contributed by atoms with Crippen molar-refractivity contribution < 1.29 is 0 Å². The lowest BCUT2D eigenvalue weighted by atomic mass is 9.58. The lowest BCUT2D eigenvalue weighted by molar-refractivity contribution is 0.175. The van der Waals surface area contributed by atoms with Crippen molar-refractivity contribution in [2.75, 3.05) is 0 Å². The second kappa shape index (κ2) is 6.85. The third-order valence-electron chi connectivity index (χ3n) is 8.56. The number of benzene rings is 4. The Morgan fingerprint density at radius 1 is 0.528 bits per heavy atom. The number of rotatable bonds is 1. The number of nitrogens with zero attached hydrogens (tertiary/aromatic N) is 3. The van der Waals surface area contributed by atoms with Gasteiger partial charge in [0.15, 0.2) is 0 Å². The first-order valence-electron chi connectivity index (χ1n) is 12.4. The first-order chi connectivity index (χ1) is 17.7. The molecule has 5 heteroatoms. The molecule has 0 radical (unpaired) electrons. The van der Waals surface area contributed by atoms with E-state index in [1.165, 1.54) is 26.8 Å². The summed E-state index contributed by atoms with van der Waals surface area (Å²) in [5.74, 6) is 0.0945. The molecular formula is C31H23N3O2. The van der Waals surface area contributed by atoms with Crippen molar-refractivity contribution >= 4 is 0 Å². The summed E-state index contributed by atoms with van der Waals surface area (Å²) in [6.45, 7) is 0. The van der Waals surface area contributed by atoms with Crippen molar-refractivity contribution in [3.63, 3.8) is 0 Å². The van der Waals surface area contributed by atoms with Crippen LogP contribution in [0.4, 0.5) is 0 Å². The van der Waals surface area contributed by atoms with Crippen molar-refractivity contribution in [1.29, 1.82) is 0 Å². The van der Waals surface area contributed by atoms with Crippen LogP contribution in [0.15, 0.2) is 107 Å². The van der Waals surface area contributed by atoms with Gasteiger partial charge >= 0.3 is 11.4 Å². The molecule has 0 fully saturated rings. The summed E-state index contributed by atoms with van der Waals surface area (Å²) in [5, 5.41) is 0.